The van der Waals surface area contributed by atoms with Crippen molar-refractivity contribution in [2.75, 3.05) is 18.0 Å². The zero-order valence-electron chi connectivity index (χ0n) is 12.0. The first-order valence-corrected chi connectivity index (χ1v) is 7.48. The average molecular weight is 352 g/mol. The summed E-state index contributed by atoms with van der Waals surface area (Å²) in [5.41, 5.74) is 8.33. The van der Waals surface area contributed by atoms with Crippen LogP contribution in [0.1, 0.15) is 13.8 Å². The Balaban J connectivity index is 2.38. The van der Waals surface area contributed by atoms with Crippen molar-refractivity contribution >= 4 is 38.5 Å². The zero-order valence-corrected chi connectivity index (χ0v) is 13.6. The van der Waals surface area contributed by atoms with E-state index in [-0.39, 0.29) is 11.8 Å². The fourth-order valence-electron chi connectivity index (χ4n) is 2.17. The van der Waals surface area contributed by atoms with Crippen molar-refractivity contribution in [3.8, 4) is 0 Å². The van der Waals surface area contributed by atoms with Crippen molar-refractivity contribution in [1.29, 1.82) is 0 Å². The topological polar surface area (TPSA) is 87.6 Å². The highest BCUT2D eigenvalue weighted by molar-refractivity contribution is 9.10. The molecule has 0 radical (unpaired) electrons. The Labute approximate surface area is 131 Å². The molecule has 0 fully saturated rings. The van der Waals surface area contributed by atoms with E-state index in [0.29, 0.717) is 6.54 Å². The minimum Gasteiger partial charge on any atom is -0.409 e. The van der Waals surface area contributed by atoms with E-state index in [0.717, 1.165) is 27.7 Å². The van der Waals surface area contributed by atoms with Crippen molar-refractivity contribution in [3.05, 3.63) is 29.0 Å². The maximum atomic E-state index is 8.78. The van der Waals surface area contributed by atoms with Crippen molar-refractivity contribution in [2.24, 2.45) is 16.8 Å². The quantitative estimate of drug-likeness (QED) is 0.374. The molecule has 0 aliphatic carbocycles. The summed E-state index contributed by atoms with van der Waals surface area (Å²) in [4.78, 5) is 10.9. The SMILES string of the molecule is CCN(CC(C)/C(N)=N/O)c1ccnc2cc(Br)cnc12. The number of pyridine rings is 2. The summed E-state index contributed by atoms with van der Waals surface area (Å²) in [5.74, 6) is 0.163. The summed E-state index contributed by atoms with van der Waals surface area (Å²) in [6.45, 7) is 5.42. The Bertz CT molecular complexity index is 661. The monoisotopic (exact) mass is 351 g/mol. The number of amidine groups is 1. The van der Waals surface area contributed by atoms with Crippen LogP contribution in [0.5, 0.6) is 0 Å². The lowest BCUT2D eigenvalue weighted by Crippen LogP contribution is -2.35. The maximum absolute atomic E-state index is 8.78. The second-order valence-corrected chi connectivity index (χ2v) is 5.73. The van der Waals surface area contributed by atoms with Gasteiger partial charge in [0.1, 0.15) is 11.4 Å². The molecule has 2 rings (SSSR count). The molecule has 0 bridgehead atoms. The molecule has 6 nitrogen and oxygen atoms in total. The van der Waals surface area contributed by atoms with Crippen LogP contribution in [0, 0.1) is 5.92 Å². The van der Waals surface area contributed by atoms with Gasteiger partial charge in [0.15, 0.2) is 0 Å². The molecule has 21 heavy (non-hydrogen) atoms. The van der Waals surface area contributed by atoms with E-state index >= 15 is 0 Å². The lowest BCUT2D eigenvalue weighted by molar-refractivity contribution is 0.314. The molecule has 1 unspecified atom stereocenters. The zero-order chi connectivity index (χ0) is 15.4. The summed E-state index contributed by atoms with van der Waals surface area (Å²) in [5, 5.41) is 11.9. The van der Waals surface area contributed by atoms with Gasteiger partial charge in [-0.2, -0.15) is 0 Å². The second kappa shape index (κ2) is 6.71. The molecule has 1 atom stereocenters. The summed E-state index contributed by atoms with van der Waals surface area (Å²) in [7, 11) is 0. The number of oxime groups is 1. The first-order valence-electron chi connectivity index (χ1n) is 6.69. The molecule has 112 valence electrons. The molecule has 0 aliphatic rings. The van der Waals surface area contributed by atoms with Crippen LogP contribution in [0.25, 0.3) is 11.0 Å². The molecule has 0 aromatic carbocycles. The van der Waals surface area contributed by atoms with Gasteiger partial charge in [-0.15, -0.1) is 0 Å². The van der Waals surface area contributed by atoms with Crippen LogP contribution in [0.4, 0.5) is 5.69 Å². The third-order valence-corrected chi connectivity index (χ3v) is 3.79. The molecule has 2 heterocycles. The molecule has 7 heteroatoms. The normalized spacial score (nSPS) is 13.4. The first-order chi connectivity index (χ1) is 10.1. The molecular formula is C14H18BrN5O. The van der Waals surface area contributed by atoms with Gasteiger partial charge in [0.2, 0.25) is 0 Å². The van der Waals surface area contributed by atoms with E-state index in [1.54, 1.807) is 12.4 Å². The van der Waals surface area contributed by atoms with E-state index in [4.69, 9.17) is 10.9 Å². The van der Waals surface area contributed by atoms with E-state index in [1.165, 1.54) is 0 Å². The van der Waals surface area contributed by atoms with Gasteiger partial charge in [0.25, 0.3) is 0 Å². The highest BCUT2D eigenvalue weighted by Crippen LogP contribution is 2.25. The number of nitrogens with two attached hydrogens (primary N) is 1. The van der Waals surface area contributed by atoms with Crippen molar-refractivity contribution in [2.45, 2.75) is 13.8 Å². The number of halogens is 1. The summed E-state index contributed by atoms with van der Waals surface area (Å²) in [6.07, 6.45) is 3.52. The molecule has 0 saturated heterocycles. The molecule has 2 aromatic heterocycles. The minimum absolute atomic E-state index is 0.0615. The average Bonchev–Trinajstić information content (AvgIpc) is 2.50. The van der Waals surface area contributed by atoms with Gasteiger partial charge in [-0.05, 0) is 35.0 Å². The third kappa shape index (κ3) is 3.41. The van der Waals surface area contributed by atoms with E-state index in [2.05, 4.69) is 42.9 Å². The summed E-state index contributed by atoms with van der Waals surface area (Å²) in [6, 6.07) is 3.87. The van der Waals surface area contributed by atoms with E-state index in [9.17, 15) is 0 Å². The molecule has 0 spiro atoms. The van der Waals surface area contributed by atoms with Crippen LogP contribution >= 0.6 is 15.9 Å². The number of fused-ring (bicyclic) bond motifs is 1. The van der Waals surface area contributed by atoms with Crippen molar-refractivity contribution in [3.63, 3.8) is 0 Å². The van der Waals surface area contributed by atoms with Gasteiger partial charge in [-0.25, -0.2) is 0 Å². The van der Waals surface area contributed by atoms with Crippen LogP contribution in [-0.4, -0.2) is 34.1 Å². The smallest absolute Gasteiger partial charge is 0.143 e. The first kappa shape index (κ1) is 15.5. The predicted molar refractivity (Wildman–Crippen MR) is 87.7 cm³/mol. The van der Waals surface area contributed by atoms with Gasteiger partial charge in [0, 0.05) is 35.9 Å². The molecule has 2 aromatic rings. The van der Waals surface area contributed by atoms with Crippen LogP contribution in [0.15, 0.2) is 34.2 Å². The Hall–Kier alpha value is -1.89. The number of aromatic nitrogens is 2. The predicted octanol–water partition coefficient (Wildman–Crippen LogP) is 2.60. The Morgan fingerprint density at radius 1 is 1.52 bits per heavy atom. The van der Waals surface area contributed by atoms with Crippen molar-refractivity contribution < 1.29 is 5.21 Å². The minimum atomic E-state index is -0.0615. The van der Waals surface area contributed by atoms with E-state index < -0.39 is 0 Å². The fraction of sp³-hybridized carbons (Fsp3) is 0.357. The number of hydrogen-bond donors (Lipinski definition) is 2. The highest BCUT2D eigenvalue weighted by atomic mass is 79.9. The number of hydrogen-bond acceptors (Lipinski definition) is 5. The third-order valence-electron chi connectivity index (χ3n) is 3.36. The standard InChI is InChI=1S/C14H18BrN5O/c1-3-20(8-9(2)14(16)19-21)12-4-5-17-11-6-10(15)7-18-13(11)12/h4-7,9,21H,3,8H2,1-2H3,(H2,16,19). The molecular weight excluding hydrogens is 334 g/mol. The lowest BCUT2D eigenvalue weighted by atomic mass is 10.1. The van der Waals surface area contributed by atoms with Gasteiger partial charge < -0.3 is 15.8 Å². The van der Waals surface area contributed by atoms with Gasteiger partial charge in [-0.3, -0.25) is 9.97 Å². The molecule has 0 saturated carbocycles. The van der Waals surface area contributed by atoms with Crippen LogP contribution < -0.4 is 10.6 Å². The second-order valence-electron chi connectivity index (χ2n) is 4.82. The van der Waals surface area contributed by atoms with Gasteiger partial charge in [-0.1, -0.05) is 12.1 Å². The molecule has 0 amide bonds. The molecule has 3 N–H and O–H groups in total. The fourth-order valence-corrected chi connectivity index (χ4v) is 2.49. The maximum Gasteiger partial charge on any atom is 0.143 e. The Morgan fingerprint density at radius 2 is 2.29 bits per heavy atom. The number of rotatable bonds is 5. The van der Waals surface area contributed by atoms with Gasteiger partial charge >= 0.3 is 0 Å². The van der Waals surface area contributed by atoms with Crippen LogP contribution in [0.3, 0.4) is 0 Å². The Morgan fingerprint density at radius 3 is 2.95 bits per heavy atom. The van der Waals surface area contributed by atoms with E-state index in [1.807, 2.05) is 19.1 Å². The van der Waals surface area contributed by atoms with Crippen LogP contribution in [0.2, 0.25) is 0 Å². The van der Waals surface area contributed by atoms with Crippen molar-refractivity contribution in [1.82, 2.24) is 9.97 Å². The summed E-state index contributed by atoms with van der Waals surface area (Å²) >= 11 is 3.40. The van der Waals surface area contributed by atoms with Gasteiger partial charge in [0.05, 0.1) is 11.2 Å². The molecule has 0 aliphatic heterocycles. The number of nitrogens with zero attached hydrogens (tertiary/aromatic N) is 4. The van der Waals surface area contributed by atoms with Crippen LogP contribution in [-0.2, 0) is 0 Å². The Kier molecular flexibility index (Phi) is 4.95. The largest absolute Gasteiger partial charge is 0.409 e. The number of anilines is 1. The summed E-state index contributed by atoms with van der Waals surface area (Å²) < 4.78 is 0.896. The lowest BCUT2D eigenvalue weighted by Gasteiger charge is -2.26. The highest BCUT2D eigenvalue weighted by Gasteiger charge is 2.16.